The van der Waals surface area contributed by atoms with Gasteiger partial charge < -0.3 is 10.1 Å². The van der Waals surface area contributed by atoms with Gasteiger partial charge in [-0.15, -0.1) is 0 Å². The van der Waals surface area contributed by atoms with Crippen LogP contribution in [0.2, 0.25) is 5.02 Å². The van der Waals surface area contributed by atoms with E-state index in [4.69, 9.17) is 16.3 Å². The van der Waals surface area contributed by atoms with Gasteiger partial charge in [-0.3, -0.25) is 4.79 Å². The van der Waals surface area contributed by atoms with E-state index in [1.165, 1.54) is 0 Å². The Morgan fingerprint density at radius 2 is 2.11 bits per heavy atom. The van der Waals surface area contributed by atoms with Crippen LogP contribution >= 0.6 is 27.5 Å². The standard InChI is InChI=1S/C13H17BrClNO2/c1-13(2,3)18-12(17)8-16-7-9-6-10(14)4-5-11(9)15/h4-6,16H,7-8H2,1-3H3. The fraction of sp³-hybridized carbons (Fsp3) is 0.462. The highest BCUT2D eigenvalue weighted by molar-refractivity contribution is 9.10. The van der Waals surface area contributed by atoms with Crippen LogP contribution < -0.4 is 5.32 Å². The molecule has 3 nitrogen and oxygen atoms in total. The Kier molecular flexibility index (Phi) is 5.63. The molecule has 5 heteroatoms. The van der Waals surface area contributed by atoms with Gasteiger partial charge in [-0.1, -0.05) is 27.5 Å². The third kappa shape index (κ3) is 5.85. The van der Waals surface area contributed by atoms with Crippen molar-refractivity contribution in [3.63, 3.8) is 0 Å². The number of carbonyl (C=O) groups is 1. The summed E-state index contributed by atoms with van der Waals surface area (Å²) in [5.41, 5.74) is 0.487. The van der Waals surface area contributed by atoms with E-state index in [2.05, 4.69) is 21.2 Å². The van der Waals surface area contributed by atoms with Gasteiger partial charge in [0.15, 0.2) is 0 Å². The molecule has 0 radical (unpaired) electrons. The molecule has 0 amide bonds. The summed E-state index contributed by atoms with van der Waals surface area (Å²) in [5, 5.41) is 3.69. The van der Waals surface area contributed by atoms with Crippen molar-refractivity contribution in [1.82, 2.24) is 5.32 Å². The molecule has 0 saturated heterocycles. The first-order chi connectivity index (χ1) is 8.28. The summed E-state index contributed by atoms with van der Waals surface area (Å²) in [6, 6.07) is 5.61. The zero-order valence-corrected chi connectivity index (χ0v) is 13.1. The Bertz CT molecular complexity index is 429. The van der Waals surface area contributed by atoms with Crippen molar-refractivity contribution >= 4 is 33.5 Å². The normalized spacial score (nSPS) is 11.4. The number of carbonyl (C=O) groups excluding carboxylic acids is 1. The third-order valence-corrected chi connectivity index (χ3v) is 2.87. The number of nitrogens with one attached hydrogen (secondary N) is 1. The molecule has 0 aliphatic carbocycles. The Morgan fingerprint density at radius 1 is 1.44 bits per heavy atom. The lowest BCUT2D eigenvalue weighted by Crippen LogP contribution is -2.31. The van der Waals surface area contributed by atoms with Crippen molar-refractivity contribution in [2.75, 3.05) is 6.54 Å². The van der Waals surface area contributed by atoms with Crippen molar-refractivity contribution in [2.45, 2.75) is 32.9 Å². The van der Waals surface area contributed by atoms with Gasteiger partial charge in [-0.2, -0.15) is 0 Å². The summed E-state index contributed by atoms with van der Waals surface area (Å²) in [6.07, 6.45) is 0. The van der Waals surface area contributed by atoms with E-state index in [-0.39, 0.29) is 12.5 Å². The summed E-state index contributed by atoms with van der Waals surface area (Å²) in [7, 11) is 0. The zero-order chi connectivity index (χ0) is 13.8. The molecule has 0 unspecified atom stereocenters. The van der Waals surface area contributed by atoms with Crippen LogP contribution in [0.4, 0.5) is 0 Å². The molecule has 0 spiro atoms. The lowest BCUT2D eigenvalue weighted by molar-refractivity contribution is -0.153. The van der Waals surface area contributed by atoms with Crippen molar-refractivity contribution < 1.29 is 9.53 Å². The molecule has 1 rings (SSSR count). The number of hydrogen-bond acceptors (Lipinski definition) is 3. The maximum Gasteiger partial charge on any atom is 0.320 e. The fourth-order valence-corrected chi connectivity index (χ4v) is 1.95. The van der Waals surface area contributed by atoms with Gasteiger partial charge in [-0.25, -0.2) is 0 Å². The second kappa shape index (κ2) is 6.55. The van der Waals surface area contributed by atoms with Crippen molar-refractivity contribution in [2.24, 2.45) is 0 Å². The number of hydrogen-bond donors (Lipinski definition) is 1. The van der Waals surface area contributed by atoms with Crippen LogP contribution in [0.25, 0.3) is 0 Å². The lowest BCUT2D eigenvalue weighted by atomic mass is 10.2. The van der Waals surface area contributed by atoms with E-state index in [0.717, 1.165) is 10.0 Å². The largest absolute Gasteiger partial charge is 0.459 e. The summed E-state index contributed by atoms with van der Waals surface area (Å²) >= 11 is 9.42. The first-order valence-corrected chi connectivity index (χ1v) is 6.81. The summed E-state index contributed by atoms with van der Waals surface area (Å²) < 4.78 is 6.15. The molecule has 0 aliphatic heterocycles. The topological polar surface area (TPSA) is 38.3 Å². The van der Waals surface area contributed by atoms with Crippen LogP contribution in [0, 0.1) is 0 Å². The molecule has 1 aromatic rings. The van der Waals surface area contributed by atoms with E-state index in [1.807, 2.05) is 39.0 Å². The molecule has 18 heavy (non-hydrogen) atoms. The smallest absolute Gasteiger partial charge is 0.320 e. The van der Waals surface area contributed by atoms with Crippen LogP contribution in [0.3, 0.4) is 0 Å². The molecular weight excluding hydrogens is 318 g/mol. The third-order valence-electron chi connectivity index (χ3n) is 2.01. The maximum absolute atomic E-state index is 11.5. The maximum atomic E-state index is 11.5. The molecule has 0 bridgehead atoms. The molecular formula is C13H17BrClNO2. The number of halogens is 2. The zero-order valence-electron chi connectivity index (χ0n) is 10.7. The van der Waals surface area contributed by atoms with E-state index >= 15 is 0 Å². The highest BCUT2D eigenvalue weighted by Crippen LogP contribution is 2.20. The minimum atomic E-state index is -0.452. The molecule has 1 aromatic carbocycles. The predicted molar refractivity (Wildman–Crippen MR) is 76.7 cm³/mol. The number of ether oxygens (including phenoxy) is 1. The average Bonchev–Trinajstić information content (AvgIpc) is 2.20. The Hall–Kier alpha value is -0.580. The van der Waals surface area contributed by atoms with Crippen LogP contribution in [0.1, 0.15) is 26.3 Å². The molecule has 1 N–H and O–H groups in total. The monoisotopic (exact) mass is 333 g/mol. The van der Waals surface area contributed by atoms with Gasteiger partial charge in [0, 0.05) is 16.0 Å². The predicted octanol–water partition coefficient (Wildman–Crippen LogP) is 3.53. The van der Waals surface area contributed by atoms with E-state index in [9.17, 15) is 4.79 Å². The minimum Gasteiger partial charge on any atom is -0.459 e. The summed E-state index contributed by atoms with van der Waals surface area (Å²) in [4.78, 5) is 11.5. The van der Waals surface area contributed by atoms with Gasteiger partial charge in [0.05, 0.1) is 6.54 Å². The average molecular weight is 335 g/mol. The SMILES string of the molecule is CC(C)(C)OC(=O)CNCc1cc(Br)ccc1Cl. The quantitative estimate of drug-likeness (QED) is 0.856. The van der Waals surface area contributed by atoms with Gasteiger partial charge in [0.2, 0.25) is 0 Å². The molecule has 0 fully saturated rings. The van der Waals surface area contributed by atoms with Crippen molar-refractivity contribution in [3.8, 4) is 0 Å². The molecule has 0 atom stereocenters. The number of rotatable bonds is 4. The molecule has 100 valence electrons. The summed E-state index contributed by atoms with van der Waals surface area (Å²) in [5.74, 6) is -0.270. The highest BCUT2D eigenvalue weighted by atomic mass is 79.9. The Labute approximate surface area is 121 Å². The number of benzene rings is 1. The van der Waals surface area contributed by atoms with Crippen LogP contribution in [0.15, 0.2) is 22.7 Å². The fourth-order valence-electron chi connectivity index (χ4n) is 1.36. The van der Waals surface area contributed by atoms with E-state index in [1.54, 1.807) is 0 Å². The second-order valence-electron chi connectivity index (χ2n) is 4.93. The van der Waals surface area contributed by atoms with Gasteiger partial charge in [-0.05, 0) is 44.5 Å². The lowest BCUT2D eigenvalue weighted by Gasteiger charge is -2.19. The van der Waals surface area contributed by atoms with Gasteiger partial charge in [0.1, 0.15) is 5.60 Å². The summed E-state index contributed by atoms with van der Waals surface area (Å²) in [6.45, 7) is 6.22. The Balaban J connectivity index is 2.42. The van der Waals surface area contributed by atoms with Gasteiger partial charge in [0.25, 0.3) is 0 Å². The molecule has 0 heterocycles. The van der Waals surface area contributed by atoms with E-state index in [0.29, 0.717) is 11.6 Å². The Morgan fingerprint density at radius 3 is 2.72 bits per heavy atom. The highest BCUT2D eigenvalue weighted by Gasteiger charge is 2.15. The van der Waals surface area contributed by atoms with Crippen LogP contribution in [-0.2, 0) is 16.1 Å². The number of esters is 1. The molecule has 0 aliphatic rings. The van der Waals surface area contributed by atoms with Crippen LogP contribution in [0.5, 0.6) is 0 Å². The first kappa shape index (κ1) is 15.5. The molecule has 0 aromatic heterocycles. The van der Waals surface area contributed by atoms with Crippen molar-refractivity contribution in [1.29, 1.82) is 0 Å². The minimum absolute atomic E-state index is 0.167. The molecule has 0 saturated carbocycles. The van der Waals surface area contributed by atoms with E-state index < -0.39 is 5.60 Å². The van der Waals surface area contributed by atoms with Gasteiger partial charge >= 0.3 is 5.97 Å². The first-order valence-electron chi connectivity index (χ1n) is 5.64. The van der Waals surface area contributed by atoms with Crippen molar-refractivity contribution in [3.05, 3.63) is 33.3 Å². The second-order valence-corrected chi connectivity index (χ2v) is 6.25. The van der Waals surface area contributed by atoms with Crippen LogP contribution in [-0.4, -0.2) is 18.1 Å².